The molecule has 0 unspecified atom stereocenters. The Balaban J connectivity index is 1.74. The summed E-state index contributed by atoms with van der Waals surface area (Å²) in [4.78, 5) is 36.6. The van der Waals surface area contributed by atoms with Crippen LogP contribution >= 0.6 is 11.8 Å². The first kappa shape index (κ1) is 26.7. The van der Waals surface area contributed by atoms with Gasteiger partial charge in [0.15, 0.2) is 11.0 Å². The molecule has 1 atom stereocenters. The molecule has 0 radical (unpaired) electrons. The second kappa shape index (κ2) is 12.2. The number of nitrogens with one attached hydrogen (secondary N) is 2. The number of carbonyl (C=O) groups excluding carboxylic acids is 2. The van der Waals surface area contributed by atoms with Crippen LogP contribution in [0, 0.1) is 12.8 Å². The maximum Gasteiger partial charge on any atom is 0.335 e. The van der Waals surface area contributed by atoms with Crippen molar-refractivity contribution in [3.05, 3.63) is 83.7 Å². The lowest BCUT2D eigenvalue weighted by molar-refractivity contribution is -0.113. The number of anilines is 1. The number of aryl methyl sites for hydroxylation is 1. The largest absolute Gasteiger partial charge is 0.478 e. The summed E-state index contributed by atoms with van der Waals surface area (Å²) >= 11 is 1.19. The van der Waals surface area contributed by atoms with Gasteiger partial charge >= 0.3 is 5.97 Å². The van der Waals surface area contributed by atoms with Crippen LogP contribution in [0.1, 0.15) is 52.0 Å². The number of aromatic nitrogens is 3. The summed E-state index contributed by atoms with van der Waals surface area (Å²) < 4.78 is 1.83. The van der Waals surface area contributed by atoms with E-state index in [2.05, 4.69) is 27.4 Å². The maximum absolute atomic E-state index is 12.9. The molecule has 3 aromatic rings. The first-order valence-electron chi connectivity index (χ1n) is 11.4. The van der Waals surface area contributed by atoms with Gasteiger partial charge in [0, 0.05) is 17.8 Å². The number of aromatic carboxylic acids is 1. The number of carboxylic acid groups (broad SMARTS) is 1. The standard InChI is InChI=1S/C26H29N5O4S/c1-5-12-31-23(22(16(2)3)28-24(33)18-9-6-8-17(4)13-18)29-30-26(31)36-15-21(32)27-20-11-7-10-19(14-20)25(34)35/h5-11,13-14,16,22H,1,12,15H2,2-4H3,(H,27,32)(H,28,33)(H,34,35)/t22-/m0/s1. The molecule has 188 valence electrons. The average molecular weight is 508 g/mol. The molecule has 0 bridgehead atoms. The number of thioether (sulfide) groups is 1. The Bertz CT molecular complexity index is 1270. The van der Waals surface area contributed by atoms with E-state index in [1.54, 1.807) is 24.3 Å². The minimum Gasteiger partial charge on any atom is -0.478 e. The smallest absolute Gasteiger partial charge is 0.335 e. The summed E-state index contributed by atoms with van der Waals surface area (Å²) in [5, 5.41) is 24.0. The summed E-state index contributed by atoms with van der Waals surface area (Å²) in [6, 6.07) is 13.0. The number of rotatable bonds is 11. The average Bonchev–Trinajstić information content (AvgIpc) is 3.23. The van der Waals surface area contributed by atoms with Crippen molar-refractivity contribution in [2.45, 2.75) is 38.5 Å². The highest BCUT2D eigenvalue weighted by Gasteiger charge is 2.26. The molecule has 9 nitrogen and oxygen atoms in total. The molecule has 0 spiro atoms. The van der Waals surface area contributed by atoms with Crippen LogP contribution in [0.4, 0.5) is 5.69 Å². The van der Waals surface area contributed by atoms with Crippen molar-refractivity contribution in [3.8, 4) is 0 Å². The Hall–Kier alpha value is -3.92. The normalized spacial score (nSPS) is 11.7. The zero-order chi connectivity index (χ0) is 26.2. The third kappa shape index (κ3) is 6.82. The first-order chi connectivity index (χ1) is 17.2. The molecular formula is C26H29N5O4S. The lowest BCUT2D eigenvalue weighted by Gasteiger charge is -2.22. The minimum absolute atomic E-state index is 0.0224. The molecule has 1 aromatic heterocycles. The lowest BCUT2D eigenvalue weighted by atomic mass is 10.0. The topological polar surface area (TPSA) is 126 Å². The van der Waals surface area contributed by atoms with E-state index >= 15 is 0 Å². The molecule has 3 N–H and O–H groups in total. The van der Waals surface area contributed by atoms with Gasteiger partial charge in [-0.15, -0.1) is 16.8 Å². The number of allylic oxidation sites excluding steroid dienone is 1. The molecule has 2 amide bonds. The van der Waals surface area contributed by atoms with Crippen LogP contribution in [0.5, 0.6) is 0 Å². The third-order valence-electron chi connectivity index (χ3n) is 5.29. The summed E-state index contributed by atoms with van der Waals surface area (Å²) in [5.41, 5.74) is 2.04. The van der Waals surface area contributed by atoms with Crippen molar-refractivity contribution in [1.29, 1.82) is 0 Å². The second-order valence-corrected chi connectivity index (χ2v) is 9.47. The fourth-order valence-electron chi connectivity index (χ4n) is 3.53. The molecule has 10 heteroatoms. The molecule has 2 aromatic carbocycles. The lowest BCUT2D eigenvalue weighted by Crippen LogP contribution is -2.34. The number of hydrogen-bond acceptors (Lipinski definition) is 6. The van der Waals surface area contributed by atoms with Crippen molar-refractivity contribution in [1.82, 2.24) is 20.1 Å². The first-order valence-corrected chi connectivity index (χ1v) is 12.4. The van der Waals surface area contributed by atoms with Crippen LogP contribution in [-0.2, 0) is 11.3 Å². The van der Waals surface area contributed by atoms with Crippen molar-refractivity contribution >= 4 is 35.2 Å². The van der Waals surface area contributed by atoms with Crippen LogP contribution in [0.15, 0.2) is 66.3 Å². The predicted molar refractivity (Wildman–Crippen MR) is 139 cm³/mol. The van der Waals surface area contributed by atoms with Gasteiger partial charge in [-0.1, -0.05) is 55.4 Å². The fraction of sp³-hybridized carbons (Fsp3) is 0.269. The van der Waals surface area contributed by atoms with Gasteiger partial charge in [-0.2, -0.15) is 0 Å². The number of nitrogens with zero attached hydrogens (tertiary/aromatic N) is 3. The van der Waals surface area contributed by atoms with Gasteiger partial charge in [-0.3, -0.25) is 9.59 Å². The summed E-state index contributed by atoms with van der Waals surface area (Å²) in [6.45, 7) is 10.1. The van der Waals surface area contributed by atoms with E-state index in [-0.39, 0.29) is 29.0 Å². The molecule has 3 rings (SSSR count). The highest BCUT2D eigenvalue weighted by molar-refractivity contribution is 7.99. The number of benzene rings is 2. The Labute approximate surface area is 214 Å². The Morgan fingerprint density at radius 1 is 1.11 bits per heavy atom. The van der Waals surface area contributed by atoms with E-state index in [4.69, 9.17) is 5.11 Å². The van der Waals surface area contributed by atoms with E-state index in [9.17, 15) is 14.4 Å². The Morgan fingerprint density at radius 3 is 2.50 bits per heavy atom. The summed E-state index contributed by atoms with van der Waals surface area (Å²) in [5.74, 6) is -0.959. The summed E-state index contributed by atoms with van der Waals surface area (Å²) in [6.07, 6.45) is 1.70. The van der Waals surface area contributed by atoms with Crippen LogP contribution < -0.4 is 10.6 Å². The van der Waals surface area contributed by atoms with Gasteiger partial charge in [-0.25, -0.2) is 4.79 Å². The van der Waals surface area contributed by atoms with Gasteiger partial charge < -0.3 is 20.3 Å². The van der Waals surface area contributed by atoms with E-state index in [1.165, 1.54) is 23.9 Å². The highest BCUT2D eigenvalue weighted by Crippen LogP contribution is 2.26. The van der Waals surface area contributed by atoms with Crippen LogP contribution in [0.25, 0.3) is 0 Å². The van der Waals surface area contributed by atoms with Crippen molar-refractivity contribution in [2.75, 3.05) is 11.1 Å². The van der Waals surface area contributed by atoms with Crippen LogP contribution in [0.3, 0.4) is 0 Å². The number of hydrogen-bond donors (Lipinski definition) is 3. The van der Waals surface area contributed by atoms with Crippen LogP contribution in [0.2, 0.25) is 0 Å². The second-order valence-electron chi connectivity index (χ2n) is 8.53. The fourth-order valence-corrected chi connectivity index (χ4v) is 4.29. The third-order valence-corrected chi connectivity index (χ3v) is 6.26. The molecule has 0 fully saturated rings. The summed E-state index contributed by atoms with van der Waals surface area (Å²) in [7, 11) is 0. The van der Waals surface area contributed by atoms with E-state index < -0.39 is 12.0 Å². The molecule has 0 aliphatic heterocycles. The zero-order valence-electron chi connectivity index (χ0n) is 20.4. The molecule has 36 heavy (non-hydrogen) atoms. The van der Waals surface area contributed by atoms with E-state index in [0.29, 0.717) is 28.8 Å². The Kier molecular flexibility index (Phi) is 9.02. The van der Waals surface area contributed by atoms with Crippen molar-refractivity contribution < 1.29 is 19.5 Å². The molecule has 1 heterocycles. The quantitative estimate of drug-likeness (QED) is 0.260. The molecule has 0 aliphatic rings. The molecule has 0 saturated carbocycles. The van der Waals surface area contributed by atoms with E-state index in [0.717, 1.165) is 5.56 Å². The van der Waals surface area contributed by atoms with E-state index in [1.807, 2.05) is 43.5 Å². The highest BCUT2D eigenvalue weighted by atomic mass is 32.2. The number of amides is 2. The SMILES string of the molecule is C=CCn1c(SCC(=O)Nc2cccc(C(=O)O)c2)nnc1[C@@H](NC(=O)c1cccc(C)c1)C(C)C. The number of carboxylic acids is 1. The monoisotopic (exact) mass is 507 g/mol. The van der Waals surface area contributed by atoms with Gasteiger partial charge in [0.05, 0.1) is 17.4 Å². The predicted octanol–water partition coefficient (Wildman–Crippen LogP) is 4.33. The van der Waals surface area contributed by atoms with Gasteiger partial charge in [0.25, 0.3) is 5.91 Å². The van der Waals surface area contributed by atoms with Gasteiger partial charge in [-0.05, 0) is 43.2 Å². The zero-order valence-corrected chi connectivity index (χ0v) is 21.2. The van der Waals surface area contributed by atoms with Crippen LogP contribution in [-0.4, -0.2) is 43.4 Å². The molecular weight excluding hydrogens is 478 g/mol. The molecule has 0 aliphatic carbocycles. The van der Waals surface area contributed by atoms with Crippen molar-refractivity contribution in [2.24, 2.45) is 5.92 Å². The maximum atomic E-state index is 12.9. The van der Waals surface area contributed by atoms with Crippen molar-refractivity contribution in [3.63, 3.8) is 0 Å². The molecule has 0 saturated heterocycles. The number of carbonyl (C=O) groups is 3. The Morgan fingerprint density at radius 2 is 1.83 bits per heavy atom. The minimum atomic E-state index is -1.07. The van der Waals surface area contributed by atoms with Gasteiger partial charge in [0.1, 0.15) is 0 Å². The van der Waals surface area contributed by atoms with Gasteiger partial charge in [0.2, 0.25) is 5.91 Å².